The Bertz CT molecular complexity index is 896. The summed E-state index contributed by atoms with van der Waals surface area (Å²) < 4.78 is 6.32. The van der Waals surface area contributed by atoms with Gasteiger partial charge in [0, 0.05) is 18.1 Å². The first kappa shape index (κ1) is 18.4. The summed E-state index contributed by atoms with van der Waals surface area (Å²) in [5.41, 5.74) is 0.216. The Kier molecular flexibility index (Phi) is 5.56. The highest BCUT2D eigenvalue weighted by atomic mass is 35.5. The molecule has 0 saturated carbocycles. The quantitative estimate of drug-likeness (QED) is 0.759. The van der Waals surface area contributed by atoms with Crippen molar-refractivity contribution in [2.75, 3.05) is 19.7 Å². The predicted octanol–water partition coefficient (Wildman–Crippen LogP) is 1.85. The fourth-order valence-electron chi connectivity index (χ4n) is 3.15. The highest BCUT2D eigenvalue weighted by Crippen LogP contribution is 2.18. The Morgan fingerprint density at radius 2 is 2.19 bits per heavy atom. The van der Waals surface area contributed by atoms with Gasteiger partial charge in [0.15, 0.2) is 0 Å². The molecule has 7 nitrogen and oxygen atoms in total. The fraction of sp³-hybridized carbons (Fsp3) is 0.444. The van der Waals surface area contributed by atoms with E-state index in [-0.39, 0.29) is 29.9 Å². The van der Waals surface area contributed by atoms with Crippen molar-refractivity contribution in [2.45, 2.75) is 26.3 Å². The molecule has 138 valence electrons. The van der Waals surface area contributed by atoms with Gasteiger partial charge in [0.05, 0.1) is 29.8 Å². The summed E-state index contributed by atoms with van der Waals surface area (Å²) >= 11 is 5.95. The zero-order chi connectivity index (χ0) is 18.7. The van der Waals surface area contributed by atoms with Gasteiger partial charge in [-0.05, 0) is 38.0 Å². The molecule has 1 amide bonds. The number of hydrogen-bond donors (Lipinski definition) is 0. The van der Waals surface area contributed by atoms with Gasteiger partial charge in [-0.15, -0.1) is 0 Å². The lowest BCUT2D eigenvalue weighted by molar-refractivity contribution is -0.151. The third-order valence-electron chi connectivity index (χ3n) is 4.49. The van der Waals surface area contributed by atoms with E-state index in [2.05, 4.69) is 4.98 Å². The second kappa shape index (κ2) is 7.86. The van der Waals surface area contributed by atoms with E-state index in [1.54, 1.807) is 30.0 Å². The van der Waals surface area contributed by atoms with Gasteiger partial charge in [0.2, 0.25) is 5.91 Å². The molecular formula is C18H20ClN3O4. The van der Waals surface area contributed by atoms with Crippen molar-refractivity contribution in [1.82, 2.24) is 14.5 Å². The number of aromatic nitrogens is 2. The molecule has 0 radical (unpaired) electrons. The predicted molar refractivity (Wildman–Crippen MR) is 97.0 cm³/mol. The second-order valence-corrected chi connectivity index (χ2v) is 6.71. The third kappa shape index (κ3) is 3.88. The van der Waals surface area contributed by atoms with Crippen LogP contribution >= 0.6 is 11.6 Å². The van der Waals surface area contributed by atoms with Crippen LogP contribution in [-0.2, 0) is 20.9 Å². The smallest absolute Gasteiger partial charge is 0.310 e. The SMILES string of the molecule is CCOC(=O)[C@@H]1CCCN(C(=O)Cn2cnc3ccc(Cl)cc3c2=O)C1. The highest BCUT2D eigenvalue weighted by Gasteiger charge is 2.29. The molecule has 2 heterocycles. The van der Waals surface area contributed by atoms with E-state index in [0.29, 0.717) is 42.0 Å². The van der Waals surface area contributed by atoms with E-state index in [9.17, 15) is 14.4 Å². The fourth-order valence-corrected chi connectivity index (χ4v) is 3.32. The molecule has 0 spiro atoms. The van der Waals surface area contributed by atoms with Crippen LogP contribution in [0.5, 0.6) is 0 Å². The highest BCUT2D eigenvalue weighted by molar-refractivity contribution is 6.31. The Morgan fingerprint density at radius 1 is 1.38 bits per heavy atom. The van der Waals surface area contributed by atoms with Crippen LogP contribution in [-0.4, -0.2) is 46.0 Å². The summed E-state index contributed by atoms with van der Waals surface area (Å²) in [5, 5.41) is 0.810. The van der Waals surface area contributed by atoms with Gasteiger partial charge in [-0.3, -0.25) is 19.0 Å². The molecule has 0 aliphatic carbocycles. The maximum absolute atomic E-state index is 12.6. The number of fused-ring (bicyclic) bond motifs is 1. The van der Waals surface area contributed by atoms with Gasteiger partial charge in [-0.1, -0.05) is 11.6 Å². The molecule has 1 aromatic carbocycles. The Hall–Kier alpha value is -2.41. The number of piperidine rings is 1. The van der Waals surface area contributed by atoms with E-state index in [0.717, 1.165) is 6.42 Å². The zero-order valence-corrected chi connectivity index (χ0v) is 15.2. The van der Waals surface area contributed by atoms with Crippen molar-refractivity contribution >= 4 is 34.4 Å². The maximum atomic E-state index is 12.6. The molecule has 1 saturated heterocycles. The first-order valence-electron chi connectivity index (χ1n) is 8.58. The molecule has 0 bridgehead atoms. The van der Waals surface area contributed by atoms with E-state index in [1.165, 1.54) is 10.9 Å². The number of benzene rings is 1. The number of likely N-dealkylation sites (tertiary alicyclic amines) is 1. The van der Waals surface area contributed by atoms with Crippen molar-refractivity contribution in [1.29, 1.82) is 0 Å². The number of amides is 1. The molecule has 0 N–H and O–H groups in total. The van der Waals surface area contributed by atoms with E-state index >= 15 is 0 Å². The van der Waals surface area contributed by atoms with Crippen LogP contribution in [0.2, 0.25) is 5.02 Å². The average molecular weight is 378 g/mol. The number of carbonyl (C=O) groups excluding carboxylic acids is 2. The summed E-state index contributed by atoms with van der Waals surface area (Å²) in [6.45, 7) is 2.85. The minimum Gasteiger partial charge on any atom is -0.466 e. The van der Waals surface area contributed by atoms with Crippen LogP contribution in [0.1, 0.15) is 19.8 Å². The van der Waals surface area contributed by atoms with Gasteiger partial charge >= 0.3 is 5.97 Å². The minimum atomic E-state index is -0.315. The van der Waals surface area contributed by atoms with Crippen molar-refractivity contribution in [2.24, 2.45) is 5.92 Å². The van der Waals surface area contributed by atoms with Crippen LogP contribution in [0, 0.1) is 5.92 Å². The van der Waals surface area contributed by atoms with Gasteiger partial charge in [0.25, 0.3) is 5.56 Å². The number of carbonyl (C=O) groups is 2. The van der Waals surface area contributed by atoms with Crippen LogP contribution in [0.3, 0.4) is 0 Å². The van der Waals surface area contributed by atoms with Crippen LogP contribution < -0.4 is 5.56 Å². The van der Waals surface area contributed by atoms with Gasteiger partial charge in [-0.25, -0.2) is 4.98 Å². The number of esters is 1. The molecule has 3 rings (SSSR count). The Balaban J connectivity index is 1.75. The molecule has 1 aliphatic heterocycles. The summed E-state index contributed by atoms with van der Waals surface area (Å²) in [4.78, 5) is 42.9. The number of ether oxygens (including phenoxy) is 1. The first-order chi connectivity index (χ1) is 12.5. The Morgan fingerprint density at radius 3 is 2.96 bits per heavy atom. The lowest BCUT2D eigenvalue weighted by Crippen LogP contribution is -2.45. The van der Waals surface area contributed by atoms with E-state index < -0.39 is 0 Å². The normalized spacial score (nSPS) is 17.3. The topological polar surface area (TPSA) is 81.5 Å². The lowest BCUT2D eigenvalue weighted by Gasteiger charge is -2.31. The largest absolute Gasteiger partial charge is 0.466 e. The van der Waals surface area contributed by atoms with Gasteiger partial charge < -0.3 is 9.64 Å². The number of rotatable bonds is 4. The number of hydrogen-bond acceptors (Lipinski definition) is 5. The van der Waals surface area contributed by atoms with Crippen LogP contribution in [0.15, 0.2) is 29.3 Å². The summed E-state index contributed by atoms with van der Waals surface area (Å²) in [7, 11) is 0. The third-order valence-corrected chi connectivity index (χ3v) is 4.72. The molecular weight excluding hydrogens is 358 g/mol. The first-order valence-corrected chi connectivity index (χ1v) is 8.96. The Labute approximate surface area is 155 Å². The average Bonchev–Trinajstić information content (AvgIpc) is 2.64. The maximum Gasteiger partial charge on any atom is 0.310 e. The van der Waals surface area contributed by atoms with Crippen molar-refractivity contribution in [3.8, 4) is 0 Å². The summed E-state index contributed by atoms with van der Waals surface area (Å²) in [6.07, 6.45) is 2.80. The van der Waals surface area contributed by atoms with Crippen molar-refractivity contribution in [3.05, 3.63) is 39.9 Å². The van der Waals surface area contributed by atoms with Crippen molar-refractivity contribution < 1.29 is 14.3 Å². The second-order valence-electron chi connectivity index (χ2n) is 6.27. The number of nitrogens with zero attached hydrogens (tertiary/aromatic N) is 3. The monoisotopic (exact) mass is 377 g/mol. The van der Waals surface area contributed by atoms with Gasteiger partial charge in [0.1, 0.15) is 6.54 Å². The molecule has 26 heavy (non-hydrogen) atoms. The lowest BCUT2D eigenvalue weighted by atomic mass is 9.98. The molecule has 1 atom stereocenters. The number of halogens is 1. The molecule has 8 heteroatoms. The molecule has 1 aliphatic rings. The molecule has 2 aromatic rings. The van der Waals surface area contributed by atoms with E-state index in [1.807, 2.05) is 0 Å². The summed E-state index contributed by atoms with van der Waals surface area (Å²) in [6, 6.07) is 4.87. The van der Waals surface area contributed by atoms with Crippen LogP contribution in [0.4, 0.5) is 0 Å². The summed E-state index contributed by atoms with van der Waals surface area (Å²) in [5.74, 6) is -0.800. The molecule has 1 fully saturated rings. The van der Waals surface area contributed by atoms with E-state index in [4.69, 9.17) is 16.3 Å². The van der Waals surface area contributed by atoms with Gasteiger partial charge in [-0.2, -0.15) is 0 Å². The minimum absolute atomic E-state index is 0.121. The molecule has 1 aromatic heterocycles. The molecule has 0 unspecified atom stereocenters. The van der Waals surface area contributed by atoms with Crippen molar-refractivity contribution in [3.63, 3.8) is 0 Å². The van der Waals surface area contributed by atoms with Crippen LogP contribution in [0.25, 0.3) is 10.9 Å². The standard InChI is InChI=1S/C18H20ClN3O4/c1-2-26-18(25)12-4-3-7-21(9-12)16(23)10-22-11-20-15-6-5-13(19)8-14(15)17(22)24/h5-6,8,11-12H,2-4,7,9-10H2,1H3/t12-/m1/s1. The zero-order valence-electron chi connectivity index (χ0n) is 14.5.